The highest BCUT2D eigenvalue weighted by atomic mass is 32.2. The Labute approximate surface area is 113 Å². The molecule has 4 nitrogen and oxygen atoms in total. The lowest BCUT2D eigenvalue weighted by Gasteiger charge is -2.11. The summed E-state index contributed by atoms with van der Waals surface area (Å²) in [5.41, 5.74) is 1.23. The van der Waals surface area contributed by atoms with Gasteiger partial charge in [-0.2, -0.15) is 0 Å². The molecule has 0 aromatic carbocycles. The molecule has 2 aromatic heterocycles. The van der Waals surface area contributed by atoms with Crippen molar-refractivity contribution in [1.82, 2.24) is 9.97 Å². The number of anilines is 1. The van der Waals surface area contributed by atoms with E-state index >= 15 is 0 Å². The highest BCUT2D eigenvalue weighted by molar-refractivity contribution is 7.84. The zero-order valence-corrected chi connectivity index (χ0v) is 12.6. The molecular formula is C12H17N3OS2. The highest BCUT2D eigenvalue weighted by Gasteiger charge is 2.13. The standard InChI is InChI=1S/C12H17N3OS2/c1-7(18(4)16)5-13-11-10-8(2)9(3)17-12(10)15-6-14-11/h6-7H,5H2,1-4H3,(H,13,14,15). The van der Waals surface area contributed by atoms with Gasteiger partial charge in [-0.15, -0.1) is 11.3 Å². The molecule has 98 valence electrons. The number of rotatable bonds is 4. The van der Waals surface area contributed by atoms with Gasteiger partial charge in [0.15, 0.2) is 0 Å². The summed E-state index contributed by atoms with van der Waals surface area (Å²) in [6.07, 6.45) is 3.30. The molecule has 0 aliphatic carbocycles. The fraction of sp³-hybridized carbons (Fsp3) is 0.500. The Morgan fingerprint density at radius 1 is 1.44 bits per heavy atom. The number of hydrogen-bond donors (Lipinski definition) is 1. The Hall–Kier alpha value is -1.01. The van der Waals surface area contributed by atoms with Crippen molar-refractivity contribution in [2.75, 3.05) is 18.1 Å². The molecule has 6 heteroatoms. The molecular weight excluding hydrogens is 266 g/mol. The maximum atomic E-state index is 11.3. The Morgan fingerprint density at radius 3 is 2.83 bits per heavy atom. The molecule has 0 saturated heterocycles. The third-order valence-corrected chi connectivity index (χ3v) is 5.50. The van der Waals surface area contributed by atoms with E-state index in [2.05, 4.69) is 29.1 Å². The molecule has 2 heterocycles. The van der Waals surface area contributed by atoms with Gasteiger partial charge in [-0.05, 0) is 26.3 Å². The molecule has 18 heavy (non-hydrogen) atoms. The molecule has 2 unspecified atom stereocenters. The monoisotopic (exact) mass is 283 g/mol. The van der Waals surface area contributed by atoms with Crippen molar-refractivity contribution in [2.24, 2.45) is 0 Å². The van der Waals surface area contributed by atoms with Crippen LogP contribution in [0.15, 0.2) is 6.33 Å². The third-order valence-electron chi connectivity index (χ3n) is 3.09. The van der Waals surface area contributed by atoms with Crippen molar-refractivity contribution in [1.29, 1.82) is 0 Å². The minimum Gasteiger partial charge on any atom is -0.368 e. The van der Waals surface area contributed by atoms with Gasteiger partial charge in [0.1, 0.15) is 17.0 Å². The second-order valence-electron chi connectivity index (χ2n) is 4.38. The first-order valence-corrected chi connectivity index (χ1v) is 8.21. The molecule has 0 fully saturated rings. The summed E-state index contributed by atoms with van der Waals surface area (Å²) in [6.45, 7) is 6.80. The third kappa shape index (κ3) is 2.54. The van der Waals surface area contributed by atoms with Gasteiger partial charge in [-0.1, -0.05) is 0 Å². The topological polar surface area (TPSA) is 54.9 Å². The molecule has 0 aliphatic rings. The molecule has 0 aliphatic heterocycles. The second-order valence-corrected chi connectivity index (χ2v) is 7.38. The van der Waals surface area contributed by atoms with Crippen LogP contribution in [0.5, 0.6) is 0 Å². The Balaban J connectivity index is 2.31. The summed E-state index contributed by atoms with van der Waals surface area (Å²) in [7, 11) is -0.821. The lowest BCUT2D eigenvalue weighted by Crippen LogP contribution is -2.21. The fourth-order valence-electron chi connectivity index (χ4n) is 1.67. The maximum absolute atomic E-state index is 11.3. The van der Waals surface area contributed by atoms with Crippen LogP contribution in [0.25, 0.3) is 10.2 Å². The molecule has 2 rings (SSSR count). The van der Waals surface area contributed by atoms with Crippen LogP contribution in [-0.4, -0.2) is 32.2 Å². The number of aryl methyl sites for hydroxylation is 2. The summed E-state index contributed by atoms with van der Waals surface area (Å²) < 4.78 is 11.3. The van der Waals surface area contributed by atoms with Crippen LogP contribution < -0.4 is 5.32 Å². The van der Waals surface area contributed by atoms with Gasteiger partial charge in [0, 0.05) is 33.7 Å². The van der Waals surface area contributed by atoms with Gasteiger partial charge >= 0.3 is 0 Å². The van der Waals surface area contributed by atoms with E-state index in [4.69, 9.17) is 0 Å². The zero-order valence-electron chi connectivity index (χ0n) is 11.0. The first-order chi connectivity index (χ1) is 8.50. The van der Waals surface area contributed by atoms with E-state index in [1.165, 1.54) is 10.4 Å². The molecule has 0 bridgehead atoms. The van der Waals surface area contributed by atoms with Crippen LogP contribution in [0.3, 0.4) is 0 Å². The van der Waals surface area contributed by atoms with E-state index < -0.39 is 10.8 Å². The van der Waals surface area contributed by atoms with Crippen molar-refractivity contribution in [2.45, 2.75) is 26.0 Å². The highest BCUT2D eigenvalue weighted by Crippen LogP contribution is 2.32. The summed E-state index contributed by atoms with van der Waals surface area (Å²) in [4.78, 5) is 10.9. The van der Waals surface area contributed by atoms with Gasteiger partial charge in [-0.25, -0.2) is 9.97 Å². The Kier molecular flexibility index (Phi) is 3.97. The Bertz CT molecular complexity index is 594. The largest absolute Gasteiger partial charge is 0.368 e. The first-order valence-electron chi connectivity index (χ1n) is 5.77. The van der Waals surface area contributed by atoms with Crippen LogP contribution in [0, 0.1) is 13.8 Å². The lowest BCUT2D eigenvalue weighted by molar-refractivity contribution is 0.679. The normalized spacial score (nSPS) is 14.7. The second kappa shape index (κ2) is 5.32. The van der Waals surface area contributed by atoms with Gasteiger partial charge in [0.2, 0.25) is 0 Å². The molecule has 0 radical (unpaired) electrons. The average molecular weight is 283 g/mol. The molecule has 2 atom stereocenters. The van der Waals surface area contributed by atoms with E-state index in [1.54, 1.807) is 23.9 Å². The van der Waals surface area contributed by atoms with Gasteiger partial charge in [0.05, 0.1) is 5.39 Å². The molecule has 2 aromatic rings. The predicted molar refractivity (Wildman–Crippen MR) is 78.9 cm³/mol. The van der Waals surface area contributed by atoms with Gasteiger partial charge < -0.3 is 5.32 Å². The number of thiophene rings is 1. The zero-order chi connectivity index (χ0) is 13.3. The summed E-state index contributed by atoms with van der Waals surface area (Å²) in [5.74, 6) is 0.846. The molecule has 0 spiro atoms. The van der Waals surface area contributed by atoms with Crippen molar-refractivity contribution in [3.05, 3.63) is 16.8 Å². The number of fused-ring (bicyclic) bond motifs is 1. The summed E-state index contributed by atoms with van der Waals surface area (Å²) in [5, 5.41) is 4.48. The van der Waals surface area contributed by atoms with Crippen molar-refractivity contribution in [3.63, 3.8) is 0 Å². The summed E-state index contributed by atoms with van der Waals surface area (Å²) in [6, 6.07) is 0. The molecule has 0 saturated carbocycles. The number of hydrogen-bond acceptors (Lipinski definition) is 5. The quantitative estimate of drug-likeness (QED) is 0.936. The smallest absolute Gasteiger partial charge is 0.138 e. The van der Waals surface area contributed by atoms with E-state index in [-0.39, 0.29) is 5.25 Å². The van der Waals surface area contributed by atoms with Crippen LogP contribution in [0.2, 0.25) is 0 Å². The maximum Gasteiger partial charge on any atom is 0.138 e. The molecule has 0 amide bonds. The van der Waals surface area contributed by atoms with Gasteiger partial charge in [-0.3, -0.25) is 4.21 Å². The van der Waals surface area contributed by atoms with Crippen molar-refractivity contribution < 1.29 is 4.21 Å². The minimum absolute atomic E-state index is 0.107. The van der Waals surface area contributed by atoms with E-state index in [9.17, 15) is 4.21 Å². The fourth-order valence-corrected chi connectivity index (χ4v) is 2.99. The first kappa shape index (κ1) is 13.4. The number of nitrogens with one attached hydrogen (secondary N) is 1. The van der Waals surface area contributed by atoms with Crippen LogP contribution in [0.1, 0.15) is 17.4 Å². The van der Waals surface area contributed by atoms with E-state index in [0.717, 1.165) is 16.0 Å². The molecule has 1 N–H and O–H groups in total. The van der Waals surface area contributed by atoms with Crippen LogP contribution in [0.4, 0.5) is 5.82 Å². The van der Waals surface area contributed by atoms with Crippen molar-refractivity contribution in [3.8, 4) is 0 Å². The van der Waals surface area contributed by atoms with Gasteiger partial charge in [0.25, 0.3) is 0 Å². The van der Waals surface area contributed by atoms with E-state index in [0.29, 0.717) is 6.54 Å². The number of nitrogens with zero attached hydrogens (tertiary/aromatic N) is 2. The average Bonchev–Trinajstić information content (AvgIpc) is 2.62. The van der Waals surface area contributed by atoms with Crippen molar-refractivity contribution >= 4 is 38.2 Å². The van der Waals surface area contributed by atoms with E-state index in [1.807, 2.05) is 6.92 Å². The van der Waals surface area contributed by atoms with Crippen LogP contribution in [-0.2, 0) is 10.8 Å². The van der Waals surface area contributed by atoms with Crippen LogP contribution >= 0.6 is 11.3 Å². The predicted octanol–water partition coefficient (Wildman–Crippen LogP) is 2.49. The SMILES string of the molecule is Cc1sc2ncnc(NCC(C)S(C)=O)c2c1C. The number of aromatic nitrogens is 2. The minimum atomic E-state index is -0.821. The lowest BCUT2D eigenvalue weighted by atomic mass is 10.2. The summed E-state index contributed by atoms with van der Waals surface area (Å²) >= 11 is 1.68. The Morgan fingerprint density at radius 2 is 2.17 bits per heavy atom.